The number of aliphatic carboxylic acids is 1. The highest BCUT2D eigenvalue weighted by Gasteiger charge is 2.15. The molecule has 0 spiro atoms. The molecule has 1 aromatic carbocycles. The van der Waals surface area contributed by atoms with Crippen molar-refractivity contribution in [3.05, 3.63) is 28.2 Å². The number of halogens is 1. The predicted molar refractivity (Wildman–Crippen MR) is 74.5 cm³/mol. The van der Waals surface area contributed by atoms with Crippen LogP contribution in [-0.2, 0) is 4.79 Å². The van der Waals surface area contributed by atoms with E-state index in [0.29, 0.717) is 28.8 Å². The Morgan fingerprint density at radius 3 is 2.68 bits per heavy atom. The summed E-state index contributed by atoms with van der Waals surface area (Å²) in [6.45, 7) is 0.398. The minimum atomic E-state index is -0.858. The smallest absolute Gasteiger partial charge is 0.303 e. The fraction of sp³-hybridized carbons (Fsp3) is 0.385. The molecular weight excluding hydrogens is 314 g/mol. The van der Waals surface area contributed by atoms with Gasteiger partial charge in [0.05, 0.1) is 12.7 Å². The quantitative estimate of drug-likeness (QED) is 0.870. The monoisotopic (exact) mass is 329 g/mol. The topological polar surface area (TPSA) is 66.8 Å². The number of ether oxygens (including phenoxy) is 1. The molecule has 0 aliphatic rings. The van der Waals surface area contributed by atoms with E-state index in [1.807, 2.05) is 0 Å². The van der Waals surface area contributed by atoms with Crippen molar-refractivity contribution in [2.45, 2.75) is 12.8 Å². The van der Waals surface area contributed by atoms with E-state index in [9.17, 15) is 9.59 Å². The summed E-state index contributed by atoms with van der Waals surface area (Å²) >= 11 is 3.32. The zero-order chi connectivity index (χ0) is 14.4. The second-order valence-electron chi connectivity index (χ2n) is 4.07. The van der Waals surface area contributed by atoms with Crippen LogP contribution in [0.3, 0.4) is 0 Å². The number of methoxy groups -OCH3 is 1. The van der Waals surface area contributed by atoms with Gasteiger partial charge in [-0.2, -0.15) is 0 Å². The Balaban J connectivity index is 2.73. The molecule has 1 aromatic rings. The molecule has 5 nitrogen and oxygen atoms in total. The maximum absolute atomic E-state index is 12.2. The first-order chi connectivity index (χ1) is 8.95. The minimum absolute atomic E-state index is 0.0525. The summed E-state index contributed by atoms with van der Waals surface area (Å²) in [7, 11) is 3.18. The van der Waals surface area contributed by atoms with Crippen molar-refractivity contribution in [3.63, 3.8) is 0 Å². The fourth-order valence-electron chi connectivity index (χ4n) is 1.57. The van der Waals surface area contributed by atoms with E-state index in [0.717, 1.165) is 0 Å². The second-order valence-corrected chi connectivity index (χ2v) is 4.92. The zero-order valence-corrected chi connectivity index (χ0v) is 12.4. The lowest BCUT2D eigenvalue weighted by Crippen LogP contribution is -2.28. The molecule has 19 heavy (non-hydrogen) atoms. The van der Waals surface area contributed by atoms with Gasteiger partial charge in [-0.25, -0.2) is 0 Å². The van der Waals surface area contributed by atoms with Crippen LogP contribution in [0.2, 0.25) is 0 Å². The van der Waals surface area contributed by atoms with Gasteiger partial charge in [-0.05, 0) is 40.5 Å². The third kappa shape index (κ3) is 4.55. The van der Waals surface area contributed by atoms with Gasteiger partial charge in [-0.15, -0.1) is 0 Å². The average molecular weight is 330 g/mol. The molecule has 0 heterocycles. The second kappa shape index (κ2) is 7.13. The lowest BCUT2D eigenvalue weighted by Gasteiger charge is -2.18. The van der Waals surface area contributed by atoms with Crippen LogP contribution >= 0.6 is 15.9 Å². The van der Waals surface area contributed by atoms with Gasteiger partial charge < -0.3 is 14.7 Å². The molecule has 1 N–H and O–H groups in total. The lowest BCUT2D eigenvalue weighted by atomic mass is 10.2. The van der Waals surface area contributed by atoms with E-state index >= 15 is 0 Å². The van der Waals surface area contributed by atoms with E-state index in [1.165, 1.54) is 12.0 Å². The van der Waals surface area contributed by atoms with Crippen LogP contribution in [0, 0.1) is 0 Å². The minimum Gasteiger partial charge on any atom is -0.497 e. The van der Waals surface area contributed by atoms with E-state index < -0.39 is 5.97 Å². The van der Waals surface area contributed by atoms with E-state index in [1.54, 1.807) is 25.2 Å². The van der Waals surface area contributed by atoms with Gasteiger partial charge in [0.15, 0.2) is 0 Å². The largest absolute Gasteiger partial charge is 0.497 e. The summed E-state index contributed by atoms with van der Waals surface area (Å²) in [6, 6.07) is 5.16. The summed E-state index contributed by atoms with van der Waals surface area (Å²) in [6.07, 6.45) is 0.482. The molecule has 0 aromatic heterocycles. The number of rotatable bonds is 6. The number of hydrogen-bond acceptors (Lipinski definition) is 3. The summed E-state index contributed by atoms with van der Waals surface area (Å²) in [5.74, 6) is -0.426. The normalized spacial score (nSPS) is 10.1. The molecule has 104 valence electrons. The van der Waals surface area contributed by atoms with Gasteiger partial charge in [0.1, 0.15) is 5.75 Å². The van der Waals surface area contributed by atoms with Crippen LogP contribution in [-0.4, -0.2) is 42.6 Å². The zero-order valence-electron chi connectivity index (χ0n) is 10.9. The summed E-state index contributed by atoms with van der Waals surface area (Å²) < 4.78 is 5.77. The number of amides is 1. The molecule has 0 radical (unpaired) electrons. The SMILES string of the molecule is COc1ccc(Br)c(C(=O)N(C)CCCC(=O)O)c1. The van der Waals surface area contributed by atoms with Gasteiger partial charge in [0, 0.05) is 24.5 Å². The maximum atomic E-state index is 12.2. The standard InChI is InChI=1S/C13H16BrNO4/c1-15(7-3-4-12(16)17)13(18)10-8-9(19-2)5-6-11(10)14/h5-6,8H,3-4,7H2,1-2H3,(H,16,17). The third-order valence-electron chi connectivity index (χ3n) is 2.63. The molecule has 6 heteroatoms. The molecule has 0 saturated carbocycles. The highest BCUT2D eigenvalue weighted by molar-refractivity contribution is 9.10. The Kier molecular flexibility index (Phi) is 5.82. The van der Waals surface area contributed by atoms with Crippen LogP contribution in [0.25, 0.3) is 0 Å². The van der Waals surface area contributed by atoms with Crippen molar-refractivity contribution < 1.29 is 19.4 Å². The lowest BCUT2D eigenvalue weighted by molar-refractivity contribution is -0.137. The molecule has 1 rings (SSSR count). The highest BCUT2D eigenvalue weighted by atomic mass is 79.9. The first-order valence-electron chi connectivity index (χ1n) is 5.76. The molecular formula is C13H16BrNO4. The Morgan fingerprint density at radius 1 is 1.42 bits per heavy atom. The van der Waals surface area contributed by atoms with E-state index in [-0.39, 0.29) is 12.3 Å². The van der Waals surface area contributed by atoms with Gasteiger partial charge >= 0.3 is 5.97 Å². The molecule has 0 saturated heterocycles. The van der Waals surface area contributed by atoms with Crippen LogP contribution in [0.15, 0.2) is 22.7 Å². The number of carbonyl (C=O) groups is 2. The average Bonchev–Trinajstić information content (AvgIpc) is 2.38. The Hall–Kier alpha value is -1.56. The van der Waals surface area contributed by atoms with Crippen molar-refractivity contribution in [3.8, 4) is 5.75 Å². The number of benzene rings is 1. The van der Waals surface area contributed by atoms with Crippen molar-refractivity contribution in [1.82, 2.24) is 4.90 Å². The van der Waals surface area contributed by atoms with Gasteiger partial charge in [-0.1, -0.05) is 0 Å². The number of nitrogens with zero attached hydrogens (tertiary/aromatic N) is 1. The van der Waals surface area contributed by atoms with Crippen molar-refractivity contribution in [2.75, 3.05) is 20.7 Å². The van der Waals surface area contributed by atoms with Crippen molar-refractivity contribution in [1.29, 1.82) is 0 Å². The maximum Gasteiger partial charge on any atom is 0.303 e. The summed E-state index contributed by atoms with van der Waals surface area (Å²) in [4.78, 5) is 24.1. The summed E-state index contributed by atoms with van der Waals surface area (Å²) in [5, 5.41) is 8.57. The highest BCUT2D eigenvalue weighted by Crippen LogP contribution is 2.23. The van der Waals surface area contributed by atoms with Crippen molar-refractivity contribution in [2.24, 2.45) is 0 Å². The predicted octanol–water partition coefficient (Wildman–Crippen LogP) is 2.39. The molecule has 0 aliphatic heterocycles. The van der Waals surface area contributed by atoms with Crippen LogP contribution < -0.4 is 4.74 Å². The third-order valence-corrected chi connectivity index (χ3v) is 3.33. The summed E-state index contributed by atoms with van der Waals surface area (Å²) in [5.41, 5.74) is 0.497. The van der Waals surface area contributed by atoms with E-state index in [4.69, 9.17) is 9.84 Å². The number of hydrogen-bond donors (Lipinski definition) is 1. The number of carbonyl (C=O) groups excluding carboxylic acids is 1. The van der Waals surface area contributed by atoms with Crippen LogP contribution in [0.5, 0.6) is 5.75 Å². The van der Waals surface area contributed by atoms with Gasteiger partial charge in [0.25, 0.3) is 5.91 Å². The molecule has 0 bridgehead atoms. The van der Waals surface area contributed by atoms with Crippen LogP contribution in [0.4, 0.5) is 0 Å². The fourth-order valence-corrected chi connectivity index (χ4v) is 1.99. The molecule has 0 atom stereocenters. The first-order valence-corrected chi connectivity index (χ1v) is 6.55. The molecule has 1 amide bonds. The molecule has 0 unspecified atom stereocenters. The number of carboxylic acid groups (broad SMARTS) is 1. The first kappa shape index (κ1) is 15.5. The van der Waals surface area contributed by atoms with E-state index in [2.05, 4.69) is 15.9 Å². The molecule has 0 aliphatic carbocycles. The Bertz CT molecular complexity index is 476. The number of carboxylic acids is 1. The Morgan fingerprint density at radius 2 is 2.11 bits per heavy atom. The van der Waals surface area contributed by atoms with Gasteiger partial charge in [0.2, 0.25) is 0 Å². The molecule has 0 fully saturated rings. The van der Waals surface area contributed by atoms with Crippen LogP contribution in [0.1, 0.15) is 23.2 Å². The van der Waals surface area contributed by atoms with Crippen molar-refractivity contribution >= 4 is 27.8 Å². The Labute approximate surface area is 120 Å². The van der Waals surface area contributed by atoms with Gasteiger partial charge in [-0.3, -0.25) is 9.59 Å².